The number of fused-ring (bicyclic) bond motifs is 1. The predicted molar refractivity (Wildman–Crippen MR) is 119 cm³/mol. The van der Waals surface area contributed by atoms with Crippen molar-refractivity contribution in [2.45, 2.75) is 33.1 Å². The summed E-state index contributed by atoms with van der Waals surface area (Å²) in [4.78, 5) is 23.2. The van der Waals surface area contributed by atoms with Crippen LogP contribution in [0.25, 0.3) is 0 Å². The highest BCUT2D eigenvalue weighted by Crippen LogP contribution is 2.30. The SMILES string of the molecule is Cc1cccc(NC(=O)c2oc3c(c2C)/C(=N/Nc2ccc([N+](=O)[O-])cc2)CCC3)c1. The van der Waals surface area contributed by atoms with Gasteiger partial charge in [-0.25, -0.2) is 0 Å². The van der Waals surface area contributed by atoms with E-state index in [1.807, 2.05) is 38.1 Å². The second-order valence-corrected chi connectivity index (χ2v) is 7.51. The zero-order chi connectivity index (χ0) is 22.0. The minimum absolute atomic E-state index is 0.0214. The predicted octanol–water partition coefficient (Wildman–Crippen LogP) is 5.21. The van der Waals surface area contributed by atoms with Gasteiger partial charge in [0.05, 0.1) is 16.3 Å². The standard InChI is InChI=1S/C23H22N4O4/c1-14-5-3-6-17(13-14)24-23(28)22-15(2)21-19(7-4-8-20(21)31-22)26-25-16-9-11-18(12-10-16)27(29)30/h3,5-6,9-13,25H,4,7-8H2,1-2H3,(H,24,28)/b26-19+. The number of nitrogens with zero attached hydrogens (tertiary/aromatic N) is 2. The summed E-state index contributed by atoms with van der Waals surface area (Å²) in [5.74, 6) is 0.749. The molecule has 158 valence electrons. The van der Waals surface area contributed by atoms with Gasteiger partial charge >= 0.3 is 0 Å². The minimum Gasteiger partial charge on any atom is -0.455 e. The molecule has 1 aromatic heterocycles. The van der Waals surface area contributed by atoms with E-state index < -0.39 is 4.92 Å². The molecule has 8 heteroatoms. The van der Waals surface area contributed by atoms with Gasteiger partial charge in [-0.2, -0.15) is 5.10 Å². The maximum Gasteiger partial charge on any atom is 0.291 e. The monoisotopic (exact) mass is 418 g/mol. The third-order valence-electron chi connectivity index (χ3n) is 5.21. The second kappa shape index (κ2) is 8.43. The summed E-state index contributed by atoms with van der Waals surface area (Å²) in [5.41, 5.74) is 7.80. The van der Waals surface area contributed by atoms with Crippen molar-refractivity contribution < 1.29 is 14.1 Å². The van der Waals surface area contributed by atoms with Crippen LogP contribution in [0.4, 0.5) is 17.1 Å². The number of hydrogen-bond acceptors (Lipinski definition) is 6. The van der Waals surface area contributed by atoms with E-state index >= 15 is 0 Å². The number of nitro groups is 1. The van der Waals surface area contributed by atoms with Gasteiger partial charge in [-0.05, 0) is 56.5 Å². The Morgan fingerprint density at radius 1 is 1.10 bits per heavy atom. The average molecular weight is 418 g/mol. The molecule has 31 heavy (non-hydrogen) atoms. The summed E-state index contributed by atoms with van der Waals surface area (Å²) >= 11 is 0. The number of hydrazone groups is 1. The topological polar surface area (TPSA) is 110 Å². The van der Waals surface area contributed by atoms with Crippen LogP contribution in [0.3, 0.4) is 0 Å². The first kappa shape index (κ1) is 20.3. The zero-order valence-electron chi connectivity index (χ0n) is 17.3. The molecule has 0 saturated carbocycles. The number of aryl methyl sites for hydroxylation is 2. The molecular formula is C23H22N4O4. The Labute approximate surface area is 179 Å². The van der Waals surface area contributed by atoms with E-state index in [-0.39, 0.29) is 17.4 Å². The molecule has 1 amide bonds. The summed E-state index contributed by atoms with van der Waals surface area (Å²) in [7, 11) is 0. The van der Waals surface area contributed by atoms with Crippen LogP contribution in [0.5, 0.6) is 0 Å². The highest BCUT2D eigenvalue weighted by atomic mass is 16.6. The average Bonchev–Trinajstić information content (AvgIpc) is 3.10. The van der Waals surface area contributed by atoms with Crippen LogP contribution in [0.1, 0.15) is 45.8 Å². The third kappa shape index (κ3) is 4.32. The van der Waals surface area contributed by atoms with Crippen molar-refractivity contribution in [3.05, 3.63) is 86.9 Å². The van der Waals surface area contributed by atoms with Crippen molar-refractivity contribution in [1.29, 1.82) is 0 Å². The number of carbonyl (C=O) groups is 1. The lowest BCUT2D eigenvalue weighted by atomic mass is 9.93. The molecule has 0 saturated heterocycles. The lowest BCUT2D eigenvalue weighted by Gasteiger charge is -2.13. The van der Waals surface area contributed by atoms with Crippen molar-refractivity contribution in [2.24, 2.45) is 5.10 Å². The van der Waals surface area contributed by atoms with E-state index in [1.165, 1.54) is 12.1 Å². The normalized spacial score (nSPS) is 14.2. The number of rotatable bonds is 5. The largest absolute Gasteiger partial charge is 0.455 e. The number of amides is 1. The van der Waals surface area contributed by atoms with Crippen molar-refractivity contribution in [2.75, 3.05) is 10.7 Å². The lowest BCUT2D eigenvalue weighted by molar-refractivity contribution is -0.384. The molecule has 2 N–H and O–H groups in total. The van der Waals surface area contributed by atoms with Gasteiger partial charge in [-0.15, -0.1) is 0 Å². The third-order valence-corrected chi connectivity index (χ3v) is 5.21. The van der Waals surface area contributed by atoms with Gasteiger partial charge in [0.2, 0.25) is 0 Å². The summed E-state index contributed by atoms with van der Waals surface area (Å²) in [5, 5.41) is 18.2. The van der Waals surface area contributed by atoms with E-state index in [9.17, 15) is 14.9 Å². The Bertz CT molecular complexity index is 1180. The maximum atomic E-state index is 12.8. The maximum absolute atomic E-state index is 12.8. The molecule has 1 heterocycles. The molecule has 0 aliphatic heterocycles. The van der Waals surface area contributed by atoms with Crippen LogP contribution in [0.2, 0.25) is 0 Å². The van der Waals surface area contributed by atoms with E-state index in [4.69, 9.17) is 4.42 Å². The van der Waals surface area contributed by atoms with Gasteiger partial charge < -0.3 is 9.73 Å². The van der Waals surface area contributed by atoms with E-state index in [0.717, 1.165) is 47.4 Å². The molecule has 1 aliphatic carbocycles. The van der Waals surface area contributed by atoms with Gasteiger partial charge in [-0.3, -0.25) is 20.3 Å². The molecule has 0 spiro atoms. The molecule has 0 radical (unpaired) electrons. The quantitative estimate of drug-likeness (QED) is 0.437. The Morgan fingerprint density at radius 2 is 1.87 bits per heavy atom. The van der Waals surface area contributed by atoms with Gasteiger partial charge in [0, 0.05) is 35.4 Å². The summed E-state index contributed by atoms with van der Waals surface area (Å²) < 4.78 is 5.93. The molecule has 4 rings (SSSR count). The van der Waals surface area contributed by atoms with Crippen molar-refractivity contribution in [1.82, 2.24) is 0 Å². The summed E-state index contributed by atoms with van der Waals surface area (Å²) in [6, 6.07) is 13.6. The fourth-order valence-corrected chi connectivity index (χ4v) is 3.70. The highest BCUT2D eigenvalue weighted by molar-refractivity contribution is 6.09. The fourth-order valence-electron chi connectivity index (χ4n) is 3.70. The number of non-ortho nitro benzene ring substituents is 1. The molecule has 1 aliphatic rings. The van der Waals surface area contributed by atoms with Crippen LogP contribution >= 0.6 is 0 Å². The zero-order valence-corrected chi connectivity index (χ0v) is 17.3. The number of nitrogens with one attached hydrogen (secondary N) is 2. The molecular weight excluding hydrogens is 396 g/mol. The van der Waals surface area contributed by atoms with Crippen LogP contribution in [0, 0.1) is 24.0 Å². The Kier molecular flexibility index (Phi) is 5.53. The number of furan rings is 1. The smallest absolute Gasteiger partial charge is 0.291 e. The van der Waals surface area contributed by atoms with Crippen LogP contribution in [-0.2, 0) is 6.42 Å². The van der Waals surface area contributed by atoms with Crippen molar-refractivity contribution in [3.8, 4) is 0 Å². The minimum atomic E-state index is -0.443. The molecule has 3 aromatic rings. The van der Waals surface area contributed by atoms with Gasteiger partial charge in [-0.1, -0.05) is 12.1 Å². The van der Waals surface area contributed by atoms with E-state index in [1.54, 1.807) is 12.1 Å². The number of nitro benzene ring substituents is 1. The molecule has 0 bridgehead atoms. The lowest BCUT2D eigenvalue weighted by Crippen LogP contribution is -2.14. The van der Waals surface area contributed by atoms with Gasteiger partial charge in [0.25, 0.3) is 11.6 Å². The number of benzene rings is 2. The number of anilines is 2. The summed E-state index contributed by atoms with van der Waals surface area (Å²) in [6.45, 7) is 3.83. The van der Waals surface area contributed by atoms with Crippen molar-refractivity contribution >= 4 is 28.7 Å². The Hall–Kier alpha value is -3.94. The molecule has 2 aromatic carbocycles. The first-order valence-corrected chi connectivity index (χ1v) is 10.00. The second-order valence-electron chi connectivity index (χ2n) is 7.51. The first-order chi connectivity index (χ1) is 14.9. The number of carbonyl (C=O) groups excluding carboxylic acids is 1. The van der Waals surface area contributed by atoms with Crippen LogP contribution in [-0.4, -0.2) is 16.5 Å². The fraction of sp³-hybridized carbons (Fsp3) is 0.217. The Morgan fingerprint density at radius 3 is 2.58 bits per heavy atom. The van der Waals surface area contributed by atoms with Crippen molar-refractivity contribution in [3.63, 3.8) is 0 Å². The summed E-state index contributed by atoms with van der Waals surface area (Å²) in [6.07, 6.45) is 2.34. The highest BCUT2D eigenvalue weighted by Gasteiger charge is 2.28. The molecule has 0 unspecified atom stereocenters. The molecule has 0 atom stereocenters. The van der Waals surface area contributed by atoms with Crippen LogP contribution < -0.4 is 10.7 Å². The Balaban J connectivity index is 1.57. The van der Waals surface area contributed by atoms with Gasteiger partial charge in [0.1, 0.15) is 5.76 Å². The van der Waals surface area contributed by atoms with E-state index in [2.05, 4.69) is 15.8 Å². The molecule has 0 fully saturated rings. The first-order valence-electron chi connectivity index (χ1n) is 10.00. The number of hydrogen-bond donors (Lipinski definition) is 2. The van der Waals surface area contributed by atoms with Gasteiger partial charge in [0.15, 0.2) is 5.76 Å². The molecule has 8 nitrogen and oxygen atoms in total. The van der Waals surface area contributed by atoms with Crippen LogP contribution in [0.15, 0.2) is 58.0 Å². The van der Waals surface area contributed by atoms with E-state index in [0.29, 0.717) is 11.4 Å².